The van der Waals surface area contributed by atoms with Crippen LogP contribution in [0.25, 0.3) is 0 Å². The van der Waals surface area contributed by atoms with Gasteiger partial charge in [-0.3, -0.25) is 4.90 Å². The molecule has 4 unspecified atom stereocenters. The van der Waals surface area contributed by atoms with E-state index in [0.29, 0.717) is 6.04 Å². The minimum absolute atomic E-state index is 0.0926. The van der Waals surface area contributed by atoms with E-state index in [1.807, 2.05) is 12.1 Å². The molecule has 1 saturated heterocycles. The molecule has 1 heterocycles. The molecule has 0 amide bonds. The van der Waals surface area contributed by atoms with Gasteiger partial charge in [0.1, 0.15) is 5.82 Å². The van der Waals surface area contributed by atoms with Crippen LogP contribution in [0.2, 0.25) is 0 Å². The number of hydrogen-bond donors (Lipinski definition) is 1. The van der Waals surface area contributed by atoms with Gasteiger partial charge in [0.05, 0.1) is 0 Å². The Kier molecular flexibility index (Phi) is 4.08. The number of fused-ring (bicyclic) bond motifs is 1. The van der Waals surface area contributed by atoms with Crippen LogP contribution >= 0.6 is 0 Å². The van der Waals surface area contributed by atoms with Crippen LogP contribution in [0.3, 0.4) is 0 Å². The third-order valence-corrected chi connectivity index (χ3v) is 5.38. The van der Waals surface area contributed by atoms with Crippen molar-refractivity contribution in [3.63, 3.8) is 0 Å². The van der Waals surface area contributed by atoms with Crippen molar-refractivity contribution >= 4 is 0 Å². The molecule has 2 fully saturated rings. The van der Waals surface area contributed by atoms with E-state index in [1.54, 1.807) is 12.1 Å². The summed E-state index contributed by atoms with van der Waals surface area (Å²) >= 11 is 0. The molecule has 1 N–H and O–H groups in total. The Morgan fingerprint density at radius 3 is 2.95 bits per heavy atom. The summed E-state index contributed by atoms with van der Waals surface area (Å²) in [4.78, 5) is 2.29. The van der Waals surface area contributed by atoms with Crippen LogP contribution in [0.5, 0.6) is 0 Å². The van der Waals surface area contributed by atoms with Crippen molar-refractivity contribution in [2.75, 3.05) is 20.1 Å². The van der Waals surface area contributed by atoms with Crippen molar-refractivity contribution in [2.45, 2.75) is 38.3 Å². The van der Waals surface area contributed by atoms with Gasteiger partial charge < -0.3 is 5.32 Å². The first-order valence-corrected chi connectivity index (χ1v) is 7.85. The lowest BCUT2D eigenvalue weighted by Gasteiger charge is -2.30. The van der Waals surface area contributed by atoms with Crippen LogP contribution in [0, 0.1) is 17.7 Å². The first-order valence-electron chi connectivity index (χ1n) is 7.85. The summed E-state index contributed by atoms with van der Waals surface area (Å²) in [6.07, 6.45) is 4.14. The summed E-state index contributed by atoms with van der Waals surface area (Å²) in [7, 11) is 2.11. The molecule has 0 spiro atoms. The zero-order valence-electron chi connectivity index (χ0n) is 12.5. The van der Waals surface area contributed by atoms with Crippen molar-refractivity contribution in [1.82, 2.24) is 10.2 Å². The maximum atomic E-state index is 13.9. The van der Waals surface area contributed by atoms with Crippen molar-refractivity contribution < 1.29 is 4.39 Å². The molecule has 1 aliphatic heterocycles. The Morgan fingerprint density at radius 1 is 1.35 bits per heavy atom. The van der Waals surface area contributed by atoms with Gasteiger partial charge in [0, 0.05) is 24.2 Å². The molecule has 3 heteroatoms. The minimum atomic E-state index is -0.0926. The van der Waals surface area contributed by atoms with Crippen LogP contribution in [-0.4, -0.2) is 31.1 Å². The van der Waals surface area contributed by atoms with Crippen molar-refractivity contribution in [3.05, 3.63) is 35.6 Å². The SMILES string of the molecule is CC(c1ccccc1F)N(C)CC1NCC2CCCC21. The number of benzene rings is 1. The predicted molar refractivity (Wildman–Crippen MR) is 80.1 cm³/mol. The van der Waals surface area contributed by atoms with E-state index in [1.165, 1.54) is 25.8 Å². The molecule has 0 radical (unpaired) electrons. The fraction of sp³-hybridized carbons (Fsp3) is 0.647. The molecule has 1 aromatic rings. The molecule has 20 heavy (non-hydrogen) atoms. The Balaban J connectivity index is 1.64. The van der Waals surface area contributed by atoms with E-state index >= 15 is 0 Å². The first-order chi connectivity index (χ1) is 9.66. The summed E-state index contributed by atoms with van der Waals surface area (Å²) in [5.74, 6) is 1.63. The topological polar surface area (TPSA) is 15.3 Å². The molecule has 1 aliphatic carbocycles. The molecule has 2 aliphatic rings. The average molecular weight is 276 g/mol. The molecule has 2 nitrogen and oxygen atoms in total. The Hall–Kier alpha value is -0.930. The highest BCUT2D eigenvalue weighted by atomic mass is 19.1. The van der Waals surface area contributed by atoms with E-state index in [2.05, 4.69) is 24.2 Å². The van der Waals surface area contributed by atoms with Crippen molar-refractivity contribution in [2.24, 2.45) is 11.8 Å². The maximum Gasteiger partial charge on any atom is 0.127 e. The van der Waals surface area contributed by atoms with E-state index < -0.39 is 0 Å². The van der Waals surface area contributed by atoms with Crippen molar-refractivity contribution in [1.29, 1.82) is 0 Å². The number of nitrogens with zero attached hydrogens (tertiary/aromatic N) is 1. The van der Waals surface area contributed by atoms with E-state index in [0.717, 1.165) is 23.9 Å². The number of nitrogens with one attached hydrogen (secondary N) is 1. The standard InChI is InChI=1S/C17H25FN2/c1-12(14-7-3-4-9-16(14)18)20(2)11-17-15-8-5-6-13(15)10-19-17/h3-4,7,9,12-13,15,17,19H,5-6,8,10-11H2,1-2H3. The summed E-state index contributed by atoms with van der Waals surface area (Å²) in [6.45, 7) is 4.29. The zero-order valence-corrected chi connectivity index (χ0v) is 12.5. The third-order valence-electron chi connectivity index (χ3n) is 5.38. The second kappa shape index (κ2) is 5.82. The summed E-state index contributed by atoms with van der Waals surface area (Å²) in [6, 6.07) is 7.84. The number of hydrogen-bond acceptors (Lipinski definition) is 2. The van der Waals surface area contributed by atoms with Gasteiger partial charge >= 0.3 is 0 Å². The molecule has 1 aromatic carbocycles. The summed E-state index contributed by atoms with van der Waals surface area (Å²) in [5, 5.41) is 3.68. The number of halogens is 1. The van der Waals surface area contributed by atoms with E-state index in [-0.39, 0.29) is 11.9 Å². The lowest BCUT2D eigenvalue weighted by molar-refractivity contribution is 0.213. The molecular weight excluding hydrogens is 251 g/mol. The molecule has 3 rings (SSSR count). The highest BCUT2D eigenvalue weighted by Gasteiger charge is 2.39. The lowest BCUT2D eigenvalue weighted by Crippen LogP contribution is -2.40. The fourth-order valence-electron chi connectivity index (χ4n) is 4.02. The highest BCUT2D eigenvalue weighted by molar-refractivity contribution is 5.20. The molecule has 1 saturated carbocycles. The van der Waals surface area contributed by atoms with Gasteiger partial charge in [-0.05, 0) is 51.3 Å². The predicted octanol–water partition coefficient (Wildman–Crippen LogP) is 3.21. The van der Waals surface area contributed by atoms with Crippen LogP contribution in [-0.2, 0) is 0 Å². The fourth-order valence-corrected chi connectivity index (χ4v) is 4.02. The Labute approximate surface area is 121 Å². The third kappa shape index (κ3) is 2.61. The molecule has 0 bridgehead atoms. The van der Waals surface area contributed by atoms with Gasteiger partial charge in [0.25, 0.3) is 0 Å². The highest BCUT2D eigenvalue weighted by Crippen LogP contribution is 2.38. The smallest absolute Gasteiger partial charge is 0.127 e. The zero-order chi connectivity index (χ0) is 14.1. The number of rotatable bonds is 4. The van der Waals surface area contributed by atoms with Crippen LogP contribution in [0.15, 0.2) is 24.3 Å². The van der Waals surface area contributed by atoms with Gasteiger partial charge in [0.2, 0.25) is 0 Å². The summed E-state index contributed by atoms with van der Waals surface area (Å²) in [5.41, 5.74) is 0.802. The van der Waals surface area contributed by atoms with Gasteiger partial charge in [-0.1, -0.05) is 24.6 Å². The average Bonchev–Trinajstić information content (AvgIpc) is 3.03. The summed E-state index contributed by atoms with van der Waals surface area (Å²) < 4.78 is 13.9. The second-order valence-electron chi connectivity index (χ2n) is 6.51. The lowest BCUT2D eigenvalue weighted by atomic mass is 9.93. The first kappa shape index (κ1) is 14.0. The second-order valence-corrected chi connectivity index (χ2v) is 6.51. The van der Waals surface area contributed by atoms with Crippen molar-refractivity contribution in [3.8, 4) is 0 Å². The number of likely N-dealkylation sites (N-methyl/N-ethyl adjacent to an activating group) is 1. The minimum Gasteiger partial charge on any atom is -0.312 e. The van der Waals surface area contributed by atoms with Gasteiger partial charge in [-0.25, -0.2) is 4.39 Å². The Bertz CT molecular complexity index is 462. The monoisotopic (exact) mass is 276 g/mol. The van der Waals surface area contributed by atoms with Gasteiger partial charge in [-0.2, -0.15) is 0 Å². The van der Waals surface area contributed by atoms with Crippen LogP contribution < -0.4 is 5.32 Å². The normalized spacial score (nSPS) is 30.7. The molecule has 110 valence electrons. The van der Waals surface area contributed by atoms with E-state index in [4.69, 9.17) is 0 Å². The quantitative estimate of drug-likeness (QED) is 0.908. The van der Waals surface area contributed by atoms with E-state index in [9.17, 15) is 4.39 Å². The molecule has 0 aromatic heterocycles. The van der Waals surface area contributed by atoms with Gasteiger partial charge in [-0.15, -0.1) is 0 Å². The van der Waals surface area contributed by atoms with Crippen LogP contribution in [0.4, 0.5) is 4.39 Å². The molecular formula is C17H25FN2. The maximum absolute atomic E-state index is 13.9. The Morgan fingerprint density at radius 2 is 2.15 bits per heavy atom. The van der Waals surface area contributed by atoms with Gasteiger partial charge in [0.15, 0.2) is 0 Å². The largest absolute Gasteiger partial charge is 0.312 e. The van der Waals surface area contributed by atoms with Crippen LogP contribution in [0.1, 0.15) is 37.8 Å². The molecule has 4 atom stereocenters.